The first-order valence-corrected chi connectivity index (χ1v) is 26.0. The molecule has 14 aromatic rings. The third-order valence-corrected chi connectivity index (χ3v) is 15.1. The molecular formula is C74H49NO. The molecule has 0 aliphatic carbocycles. The number of rotatable bonds is 10. The number of nitrogens with zero attached hydrogens (tertiary/aromatic N) is 1. The van der Waals surface area contributed by atoms with Gasteiger partial charge in [-0.05, 0) is 167 Å². The van der Waals surface area contributed by atoms with E-state index in [4.69, 9.17) is 4.42 Å². The molecule has 0 spiro atoms. The van der Waals surface area contributed by atoms with Crippen LogP contribution in [0.3, 0.4) is 0 Å². The Kier molecular flexibility index (Phi) is 11.2. The van der Waals surface area contributed by atoms with Crippen LogP contribution < -0.4 is 4.90 Å². The van der Waals surface area contributed by atoms with Crippen LogP contribution in [0.25, 0.3) is 121 Å². The van der Waals surface area contributed by atoms with E-state index in [1.807, 2.05) is 0 Å². The molecule has 0 amide bonds. The normalized spacial score (nSPS) is 11.4. The van der Waals surface area contributed by atoms with E-state index < -0.39 is 0 Å². The molecule has 14 rings (SSSR count). The number of anilines is 3. The Morgan fingerprint density at radius 1 is 0.237 bits per heavy atom. The summed E-state index contributed by atoms with van der Waals surface area (Å²) in [4.78, 5) is 2.40. The lowest BCUT2D eigenvalue weighted by molar-refractivity contribution is 0.670. The molecular weight excluding hydrogens is 919 g/mol. The zero-order valence-corrected chi connectivity index (χ0v) is 41.6. The van der Waals surface area contributed by atoms with Gasteiger partial charge in [-0.15, -0.1) is 0 Å². The van der Waals surface area contributed by atoms with Crippen molar-refractivity contribution in [3.05, 3.63) is 297 Å². The van der Waals surface area contributed by atoms with Crippen molar-refractivity contribution >= 4 is 60.5 Å². The van der Waals surface area contributed by atoms with Crippen molar-refractivity contribution in [2.75, 3.05) is 4.90 Å². The van der Waals surface area contributed by atoms with Gasteiger partial charge in [-0.1, -0.05) is 224 Å². The molecule has 13 aromatic carbocycles. The van der Waals surface area contributed by atoms with Crippen molar-refractivity contribution in [3.8, 4) is 77.9 Å². The molecule has 0 N–H and O–H groups in total. The van der Waals surface area contributed by atoms with Gasteiger partial charge in [0.2, 0.25) is 0 Å². The summed E-state index contributed by atoms with van der Waals surface area (Å²) in [5, 5.41) is 7.00. The molecule has 0 atom stereocenters. The van der Waals surface area contributed by atoms with Gasteiger partial charge in [0.05, 0.1) is 11.1 Å². The summed E-state index contributed by atoms with van der Waals surface area (Å²) in [6, 6.07) is 108. The fourth-order valence-corrected chi connectivity index (χ4v) is 11.3. The minimum absolute atomic E-state index is 0.853. The van der Waals surface area contributed by atoms with Gasteiger partial charge in [-0.2, -0.15) is 0 Å². The summed E-state index contributed by atoms with van der Waals surface area (Å²) in [6.07, 6.45) is 0. The second-order valence-electron chi connectivity index (χ2n) is 19.6. The number of hydrogen-bond acceptors (Lipinski definition) is 2. The van der Waals surface area contributed by atoms with Crippen molar-refractivity contribution in [2.24, 2.45) is 0 Å². The lowest BCUT2D eigenvalue weighted by Crippen LogP contribution is -2.10. The van der Waals surface area contributed by atoms with Gasteiger partial charge in [0.25, 0.3) is 0 Å². The van der Waals surface area contributed by atoms with Crippen LogP contribution in [0.5, 0.6) is 0 Å². The molecule has 2 nitrogen and oxygen atoms in total. The molecule has 0 aliphatic rings. The van der Waals surface area contributed by atoms with E-state index in [9.17, 15) is 0 Å². The highest BCUT2D eigenvalue weighted by molar-refractivity contribution is 6.18. The zero-order valence-electron chi connectivity index (χ0n) is 41.6. The molecule has 356 valence electrons. The van der Waals surface area contributed by atoms with E-state index in [2.05, 4.69) is 302 Å². The number of para-hydroxylation sites is 1. The SMILES string of the molecule is c1ccc(-c2cc(-c3ccccc3)cc(-c3ccccc3-c3ccc(N(c4ccc(-c5cccc(-c6ccc7ccccc7c6)c5)cc4)c4ccc(-c5cccc6ccccc56)c5oc6ccccc6c45)cc3)c2)cc1. The molecule has 0 radical (unpaired) electrons. The minimum atomic E-state index is 0.853. The number of benzene rings is 13. The predicted molar refractivity (Wildman–Crippen MR) is 321 cm³/mol. The first kappa shape index (κ1) is 44.7. The minimum Gasteiger partial charge on any atom is -0.455 e. The van der Waals surface area contributed by atoms with Gasteiger partial charge >= 0.3 is 0 Å². The van der Waals surface area contributed by atoms with Gasteiger partial charge < -0.3 is 9.32 Å². The summed E-state index contributed by atoms with van der Waals surface area (Å²) in [5.74, 6) is 0. The van der Waals surface area contributed by atoms with Gasteiger partial charge in [-0.3, -0.25) is 0 Å². The van der Waals surface area contributed by atoms with Crippen LogP contribution in [0.15, 0.2) is 302 Å². The quantitative estimate of drug-likeness (QED) is 0.136. The fraction of sp³-hybridized carbons (Fsp3) is 0. The number of hydrogen-bond donors (Lipinski definition) is 0. The second-order valence-corrected chi connectivity index (χ2v) is 19.6. The van der Waals surface area contributed by atoms with E-state index in [1.165, 1.54) is 77.2 Å². The zero-order chi connectivity index (χ0) is 50.4. The largest absolute Gasteiger partial charge is 0.455 e. The predicted octanol–water partition coefficient (Wildman–Crippen LogP) is 21.0. The Hall–Kier alpha value is -10.0. The van der Waals surface area contributed by atoms with Crippen molar-refractivity contribution in [3.63, 3.8) is 0 Å². The Balaban J connectivity index is 0.907. The monoisotopic (exact) mass is 967 g/mol. The highest BCUT2D eigenvalue weighted by Crippen LogP contribution is 2.48. The van der Waals surface area contributed by atoms with Crippen molar-refractivity contribution in [1.29, 1.82) is 0 Å². The summed E-state index contributed by atoms with van der Waals surface area (Å²) in [5.41, 5.74) is 21.2. The lowest BCUT2D eigenvalue weighted by atomic mass is 9.89. The van der Waals surface area contributed by atoms with Crippen LogP contribution in [0, 0.1) is 0 Å². The summed E-state index contributed by atoms with van der Waals surface area (Å²) in [7, 11) is 0. The third-order valence-electron chi connectivity index (χ3n) is 15.1. The molecule has 1 aromatic heterocycles. The first-order valence-electron chi connectivity index (χ1n) is 26.0. The van der Waals surface area contributed by atoms with E-state index in [0.717, 1.165) is 61.3 Å². The third kappa shape index (κ3) is 8.19. The van der Waals surface area contributed by atoms with Crippen molar-refractivity contribution < 1.29 is 4.42 Å². The van der Waals surface area contributed by atoms with Crippen LogP contribution >= 0.6 is 0 Å². The molecule has 1 heterocycles. The average Bonchev–Trinajstić information content (AvgIpc) is 3.98. The Labute approximate surface area is 442 Å². The first-order chi connectivity index (χ1) is 37.7. The maximum Gasteiger partial charge on any atom is 0.145 e. The molecule has 0 saturated heterocycles. The molecule has 0 bridgehead atoms. The fourth-order valence-electron chi connectivity index (χ4n) is 11.3. The van der Waals surface area contributed by atoms with Crippen molar-refractivity contribution in [1.82, 2.24) is 0 Å². The molecule has 0 aliphatic heterocycles. The van der Waals surface area contributed by atoms with Crippen LogP contribution in [-0.4, -0.2) is 0 Å². The maximum atomic E-state index is 6.98. The highest BCUT2D eigenvalue weighted by atomic mass is 16.3. The maximum absolute atomic E-state index is 6.98. The number of furan rings is 1. The van der Waals surface area contributed by atoms with Gasteiger partial charge in [-0.25, -0.2) is 0 Å². The van der Waals surface area contributed by atoms with Crippen LogP contribution in [0.4, 0.5) is 17.1 Å². The lowest BCUT2D eigenvalue weighted by Gasteiger charge is -2.27. The second kappa shape index (κ2) is 19.1. The smallest absolute Gasteiger partial charge is 0.145 e. The van der Waals surface area contributed by atoms with E-state index in [1.54, 1.807) is 0 Å². The van der Waals surface area contributed by atoms with Gasteiger partial charge in [0.1, 0.15) is 11.2 Å². The molecule has 0 saturated carbocycles. The average molecular weight is 968 g/mol. The number of fused-ring (bicyclic) bond motifs is 5. The van der Waals surface area contributed by atoms with Crippen LogP contribution in [0.1, 0.15) is 0 Å². The van der Waals surface area contributed by atoms with Crippen LogP contribution in [0.2, 0.25) is 0 Å². The van der Waals surface area contributed by atoms with Crippen LogP contribution in [-0.2, 0) is 0 Å². The molecule has 76 heavy (non-hydrogen) atoms. The topological polar surface area (TPSA) is 16.4 Å². The Bertz CT molecular complexity index is 4370. The molecule has 0 fully saturated rings. The molecule has 2 heteroatoms. The standard InChI is InChI=1S/C74H49NO/c1-3-17-50(18-4-1)60-47-61(51-19-5-2-6-20-51)49-62(48-60)67-29-12-11-27-65(67)55-37-41-64(42-38-55)75(63-39-35-53(36-40-63)57-25-15-26-58(45-57)59-34-33-52-21-7-8-23-56(52)46-59)71-44-43-69(68-31-16-24-54-22-9-10-28-66(54)68)74-73(71)70-30-13-14-32-72(70)76-74/h1-49H. The van der Waals surface area contributed by atoms with Crippen molar-refractivity contribution in [2.45, 2.75) is 0 Å². The van der Waals surface area contributed by atoms with Gasteiger partial charge in [0.15, 0.2) is 0 Å². The Morgan fingerprint density at radius 2 is 0.697 bits per heavy atom. The Morgan fingerprint density at radius 3 is 1.41 bits per heavy atom. The summed E-state index contributed by atoms with van der Waals surface area (Å²) >= 11 is 0. The summed E-state index contributed by atoms with van der Waals surface area (Å²) in [6.45, 7) is 0. The summed E-state index contributed by atoms with van der Waals surface area (Å²) < 4.78 is 6.98. The van der Waals surface area contributed by atoms with E-state index >= 15 is 0 Å². The molecule has 0 unspecified atom stereocenters. The van der Waals surface area contributed by atoms with Gasteiger partial charge in [0, 0.05) is 22.3 Å². The van der Waals surface area contributed by atoms with E-state index in [-0.39, 0.29) is 0 Å². The van der Waals surface area contributed by atoms with E-state index in [0.29, 0.717) is 0 Å². The highest BCUT2D eigenvalue weighted by Gasteiger charge is 2.23.